The number of aryl methyl sites for hydroxylation is 2. The van der Waals surface area contributed by atoms with E-state index in [4.69, 9.17) is 4.74 Å². The molecule has 0 unspecified atom stereocenters. The van der Waals surface area contributed by atoms with Crippen molar-refractivity contribution in [1.29, 1.82) is 0 Å². The van der Waals surface area contributed by atoms with E-state index in [9.17, 15) is 14.4 Å². The number of carbonyl (C=O) groups is 3. The molecule has 2 aromatic rings. The number of hydrogen-bond donors (Lipinski definition) is 2. The maximum atomic E-state index is 12.9. The SMILES string of the molecule is Cc1ccc(NC(=O)c2ccc(NC(=O)[C@@H]3[C@@H]4C[C@@H]5[C@H]3C(=O)O[C@@H]5C4)cc2)cc1C. The Morgan fingerprint density at radius 2 is 1.67 bits per heavy atom. The van der Waals surface area contributed by atoms with Crippen LogP contribution in [-0.4, -0.2) is 23.9 Å². The molecule has 1 saturated heterocycles. The Morgan fingerprint density at radius 3 is 2.40 bits per heavy atom. The predicted octanol–water partition coefficient (Wildman–Crippen LogP) is 3.69. The van der Waals surface area contributed by atoms with Crippen LogP contribution in [0.1, 0.15) is 34.3 Å². The number of anilines is 2. The monoisotopic (exact) mass is 404 g/mol. The summed E-state index contributed by atoms with van der Waals surface area (Å²) in [4.78, 5) is 37.5. The lowest BCUT2D eigenvalue weighted by Gasteiger charge is -2.23. The van der Waals surface area contributed by atoms with Crippen LogP contribution in [0, 0.1) is 37.5 Å². The van der Waals surface area contributed by atoms with Gasteiger partial charge in [-0.15, -0.1) is 0 Å². The fraction of sp³-hybridized carbons (Fsp3) is 0.375. The molecule has 2 aromatic carbocycles. The normalized spacial score (nSPS) is 28.3. The van der Waals surface area contributed by atoms with Crippen molar-refractivity contribution in [1.82, 2.24) is 0 Å². The molecule has 3 fully saturated rings. The van der Waals surface area contributed by atoms with E-state index in [2.05, 4.69) is 10.6 Å². The van der Waals surface area contributed by atoms with E-state index in [0.29, 0.717) is 11.3 Å². The Hall–Kier alpha value is -3.15. The van der Waals surface area contributed by atoms with Crippen molar-refractivity contribution in [2.75, 3.05) is 10.6 Å². The third-order valence-corrected chi connectivity index (χ3v) is 6.97. The fourth-order valence-corrected chi connectivity index (χ4v) is 5.32. The number of fused-ring (bicyclic) bond motifs is 1. The first kappa shape index (κ1) is 18.9. The molecule has 154 valence electrons. The van der Waals surface area contributed by atoms with E-state index in [1.54, 1.807) is 24.3 Å². The van der Waals surface area contributed by atoms with Gasteiger partial charge in [-0.05, 0) is 80.1 Å². The first-order chi connectivity index (χ1) is 14.4. The van der Waals surface area contributed by atoms with E-state index in [1.165, 1.54) is 5.56 Å². The summed E-state index contributed by atoms with van der Waals surface area (Å²) in [6, 6.07) is 12.6. The molecule has 5 rings (SSSR count). The van der Waals surface area contributed by atoms with Crippen molar-refractivity contribution in [2.24, 2.45) is 23.7 Å². The Balaban J connectivity index is 1.24. The second-order valence-corrected chi connectivity index (χ2v) is 8.74. The quantitative estimate of drug-likeness (QED) is 0.761. The lowest BCUT2D eigenvalue weighted by molar-refractivity contribution is -0.145. The Kier molecular flexibility index (Phi) is 4.38. The minimum atomic E-state index is -0.311. The van der Waals surface area contributed by atoms with E-state index < -0.39 is 0 Å². The molecular formula is C24H24N2O4. The molecule has 6 heteroatoms. The number of esters is 1. The topological polar surface area (TPSA) is 84.5 Å². The van der Waals surface area contributed by atoms with Gasteiger partial charge in [0.25, 0.3) is 5.91 Å². The highest BCUT2D eigenvalue weighted by Gasteiger charge is 2.63. The number of rotatable bonds is 4. The van der Waals surface area contributed by atoms with Crippen LogP contribution in [0.5, 0.6) is 0 Å². The number of carbonyl (C=O) groups excluding carboxylic acids is 3. The zero-order chi connectivity index (χ0) is 21.0. The van der Waals surface area contributed by atoms with Gasteiger partial charge in [-0.25, -0.2) is 0 Å². The van der Waals surface area contributed by atoms with Crippen LogP contribution < -0.4 is 10.6 Å². The van der Waals surface area contributed by atoms with Crippen LogP contribution in [0.2, 0.25) is 0 Å². The van der Waals surface area contributed by atoms with Crippen LogP contribution in [0.4, 0.5) is 11.4 Å². The summed E-state index contributed by atoms with van der Waals surface area (Å²) in [5.74, 6) is -0.732. The largest absolute Gasteiger partial charge is 0.462 e. The van der Waals surface area contributed by atoms with E-state index in [-0.39, 0.29) is 47.6 Å². The number of amides is 2. The van der Waals surface area contributed by atoms with Crippen LogP contribution >= 0.6 is 0 Å². The Morgan fingerprint density at radius 1 is 0.933 bits per heavy atom. The van der Waals surface area contributed by atoms with Gasteiger partial charge < -0.3 is 15.4 Å². The van der Waals surface area contributed by atoms with Gasteiger partial charge in [0, 0.05) is 22.9 Å². The highest BCUT2D eigenvalue weighted by atomic mass is 16.6. The van der Waals surface area contributed by atoms with E-state index >= 15 is 0 Å². The second-order valence-electron chi connectivity index (χ2n) is 8.74. The summed E-state index contributed by atoms with van der Waals surface area (Å²) in [6.45, 7) is 4.03. The van der Waals surface area contributed by atoms with Gasteiger partial charge in [-0.3, -0.25) is 14.4 Å². The van der Waals surface area contributed by atoms with Gasteiger partial charge in [0.1, 0.15) is 6.10 Å². The highest BCUT2D eigenvalue weighted by molar-refractivity contribution is 6.05. The maximum Gasteiger partial charge on any atom is 0.310 e. The van der Waals surface area contributed by atoms with E-state index in [1.807, 2.05) is 32.0 Å². The minimum Gasteiger partial charge on any atom is -0.462 e. The van der Waals surface area contributed by atoms with Gasteiger partial charge >= 0.3 is 5.97 Å². The second kappa shape index (κ2) is 6.97. The molecular weight excluding hydrogens is 380 g/mol. The zero-order valence-electron chi connectivity index (χ0n) is 17.0. The van der Waals surface area contributed by atoms with E-state index in [0.717, 1.165) is 24.1 Å². The minimum absolute atomic E-state index is 0.0201. The third kappa shape index (κ3) is 3.07. The highest BCUT2D eigenvalue weighted by Crippen LogP contribution is 2.57. The average Bonchev–Trinajstić information content (AvgIpc) is 3.34. The van der Waals surface area contributed by atoms with Crippen LogP contribution in [0.3, 0.4) is 0 Å². The van der Waals surface area contributed by atoms with Crippen molar-refractivity contribution >= 4 is 29.2 Å². The molecule has 3 aliphatic rings. The zero-order valence-corrected chi connectivity index (χ0v) is 17.0. The molecule has 30 heavy (non-hydrogen) atoms. The summed E-state index contributed by atoms with van der Waals surface area (Å²) >= 11 is 0. The molecule has 6 nitrogen and oxygen atoms in total. The molecule has 0 aromatic heterocycles. The standard InChI is InChI=1S/C24H24N2O4/c1-12-3-6-17(9-13(12)2)26-22(27)14-4-7-16(8-5-14)25-23(28)20-15-10-18-19(11-15)30-24(29)21(18)20/h3-9,15,18-21H,10-11H2,1-2H3,(H,25,28)(H,26,27)/t15-,18+,19-,20-,21-/m1/s1. The van der Waals surface area contributed by atoms with Crippen molar-refractivity contribution < 1.29 is 19.1 Å². The first-order valence-corrected chi connectivity index (χ1v) is 10.4. The molecule has 0 spiro atoms. The van der Waals surface area contributed by atoms with Gasteiger partial charge in [0.2, 0.25) is 5.91 Å². The first-order valence-electron chi connectivity index (χ1n) is 10.4. The lowest BCUT2D eigenvalue weighted by atomic mass is 9.79. The Labute approximate surface area is 175 Å². The van der Waals surface area contributed by atoms with Crippen LogP contribution in [0.25, 0.3) is 0 Å². The number of nitrogens with one attached hydrogen (secondary N) is 2. The molecule has 2 N–H and O–H groups in total. The number of benzene rings is 2. The van der Waals surface area contributed by atoms with Crippen molar-refractivity contribution in [3.05, 3.63) is 59.2 Å². The van der Waals surface area contributed by atoms with Gasteiger partial charge in [0.15, 0.2) is 0 Å². The molecule has 2 saturated carbocycles. The van der Waals surface area contributed by atoms with Crippen molar-refractivity contribution in [3.8, 4) is 0 Å². The van der Waals surface area contributed by atoms with Crippen LogP contribution in [-0.2, 0) is 14.3 Å². The maximum absolute atomic E-state index is 12.9. The molecule has 2 aliphatic carbocycles. The number of hydrogen-bond acceptors (Lipinski definition) is 4. The molecule has 2 amide bonds. The van der Waals surface area contributed by atoms with Gasteiger partial charge in [-0.1, -0.05) is 6.07 Å². The van der Waals surface area contributed by atoms with Gasteiger partial charge in [0.05, 0.1) is 11.8 Å². The summed E-state index contributed by atoms with van der Waals surface area (Å²) in [5.41, 5.74) is 4.16. The lowest BCUT2D eigenvalue weighted by Crippen LogP contribution is -2.35. The fourth-order valence-electron chi connectivity index (χ4n) is 5.32. The van der Waals surface area contributed by atoms with Gasteiger partial charge in [-0.2, -0.15) is 0 Å². The summed E-state index contributed by atoms with van der Waals surface area (Å²) < 4.78 is 5.41. The summed E-state index contributed by atoms with van der Waals surface area (Å²) in [5, 5.41) is 5.82. The number of ether oxygens (including phenoxy) is 1. The Bertz CT molecular complexity index is 1040. The third-order valence-electron chi connectivity index (χ3n) is 6.97. The average molecular weight is 404 g/mol. The van der Waals surface area contributed by atoms with Crippen LogP contribution in [0.15, 0.2) is 42.5 Å². The molecule has 1 heterocycles. The molecule has 5 atom stereocenters. The molecule has 1 aliphatic heterocycles. The van der Waals surface area contributed by atoms with Crippen molar-refractivity contribution in [3.63, 3.8) is 0 Å². The predicted molar refractivity (Wildman–Crippen MR) is 112 cm³/mol. The summed E-state index contributed by atoms with van der Waals surface area (Å²) in [6.07, 6.45) is 1.71. The smallest absolute Gasteiger partial charge is 0.310 e. The molecule has 0 radical (unpaired) electrons. The summed E-state index contributed by atoms with van der Waals surface area (Å²) in [7, 11) is 0. The molecule has 2 bridgehead atoms. The van der Waals surface area contributed by atoms with Crippen molar-refractivity contribution in [2.45, 2.75) is 32.8 Å².